The number of aromatic nitrogens is 3. The third-order valence-electron chi connectivity index (χ3n) is 5.02. The van der Waals surface area contributed by atoms with Gasteiger partial charge in [-0.25, -0.2) is 0 Å². The van der Waals surface area contributed by atoms with Crippen LogP contribution in [0.4, 0.5) is 0 Å². The van der Waals surface area contributed by atoms with Crippen molar-refractivity contribution in [1.82, 2.24) is 14.3 Å². The normalized spacial score (nSPS) is 20.1. The molecule has 1 aliphatic heterocycles. The number of benzene rings is 1. The zero-order valence-electron chi connectivity index (χ0n) is 15.5. The summed E-state index contributed by atoms with van der Waals surface area (Å²) in [5.41, 5.74) is 1.23. The van der Waals surface area contributed by atoms with Gasteiger partial charge in [-0.1, -0.05) is 30.3 Å². The first-order valence-electron chi connectivity index (χ1n) is 9.25. The van der Waals surface area contributed by atoms with Gasteiger partial charge in [0, 0.05) is 26.3 Å². The second kappa shape index (κ2) is 8.60. The van der Waals surface area contributed by atoms with Gasteiger partial charge in [-0.15, -0.1) is 0 Å². The number of carbonyl (C=O) groups is 1. The monoisotopic (exact) mass is 375 g/mol. The minimum Gasteiger partial charge on any atom is -0.466 e. The van der Waals surface area contributed by atoms with Crippen molar-refractivity contribution in [3.05, 3.63) is 46.5 Å². The van der Waals surface area contributed by atoms with Crippen molar-refractivity contribution in [3.63, 3.8) is 0 Å². The molecule has 140 valence electrons. The highest BCUT2D eigenvalue weighted by Crippen LogP contribution is 2.12. The molecular weight excluding hydrogens is 348 g/mol. The molecule has 3 rings (SSSR count). The Morgan fingerprint density at radius 1 is 1.31 bits per heavy atom. The van der Waals surface area contributed by atoms with Gasteiger partial charge in [0.15, 0.2) is 6.67 Å². The molecular formula is C19H27N4O2S+. The maximum absolute atomic E-state index is 11.9. The molecule has 2 heterocycles. The van der Waals surface area contributed by atoms with Crippen LogP contribution in [-0.4, -0.2) is 40.0 Å². The summed E-state index contributed by atoms with van der Waals surface area (Å²) in [5.74, 6) is 0.970. The van der Waals surface area contributed by atoms with E-state index in [1.165, 1.54) is 10.5 Å². The summed E-state index contributed by atoms with van der Waals surface area (Å²) in [6.07, 6.45) is 2.50. The van der Waals surface area contributed by atoms with E-state index >= 15 is 0 Å². The minimum atomic E-state index is -0.0499. The van der Waals surface area contributed by atoms with Gasteiger partial charge in [0.25, 0.3) is 0 Å². The average molecular weight is 376 g/mol. The Morgan fingerprint density at radius 2 is 2.00 bits per heavy atom. The van der Waals surface area contributed by atoms with Crippen LogP contribution in [0.3, 0.4) is 0 Å². The summed E-state index contributed by atoms with van der Waals surface area (Å²) in [6.45, 7) is 4.94. The second-order valence-corrected chi connectivity index (χ2v) is 7.22. The van der Waals surface area contributed by atoms with Gasteiger partial charge in [-0.3, -0.25) is 4.79 Å². The van der Waals surface area contributed by atoms with Gasteiger partial charge in [0.05, 0.1) is 25.6 Å². The van der Waals surface area contributed by atoms with E-state index in [9.17, 15) is 4.79 Å². The number of quaternary nitrogens is 1. The van der Waals surface area contributed by atoms with Gasteiger partial charge in [-0.2, -0.15) is 9.78 Å². The lowest BCUT2D eigenvalue weighted by atomic mass is 9.97. The Morgan fingerprint density at radius 3 is 2.65 bits per heavy atom. The van der Waals surface area contributed by atoms with Gasteiger partial charge < -0.3 is 14.2 Å². The molecule has 1 aromatic carbocycles. The Hall–Kier alpha value is -1.99. The zero-order chi connectivity index (χ0) is 18.5. The number of nitrogens with zero attached hydrogens (tertiary/aromatic N) is 3. The number of piperidine rings is 1. The van der Waals surface area contributed by atoms with Crippen LogP contribution in [0.1, 0.15) is 31.2 Å². The maximum Gasteiger partial charge on any atom is 0.309 e. The number of nitrogens with one attached hydrogen (secondary N) is 1. The van der Waals surface area contributed by atoms with Crippen LogP contribution >= 0.6 is 12.2 Å². The van der Waals surface area contributed by atoms with E-state index in [1.807, 2.05) is 41.4 Å². The van der Waals surface area contributed by atoms with E-state index in [1.54, 1.807) is 0 Å². The molecule has 26 heavy (non-hydrogen) atoms. The van der Waals surface area contributed by atoms with Crippen LogP contribution < -0.4 is 4.90 Å². The summed E-state index contributed by atoms with van der Waals surface area (Å²) in [4.78, 5) is 13.3. The molecule has 1 N–H and O–H groups in total. The maximum atomic E-state index is 11.9. The second-order valence-electron chi connectivity index (χ2n) is 6.85. The summed E-state index contributed by atoms with van der Waals surface area (Å²) >= 11 is 5.57. The van der Waals surface area contributed by atoms with Crippen molar-refractivity contribution >= 4 is 18.2 Å². The fraction of sp³-hybridized carbons (Fsp3) is 0.526. The highest BCUT2D eigenvalue weighted by atomic mass is 32.1. The lowest BCUT2D eigenvalue weighted by molar-refractivity contribution is -0.929. The number of hydrogen-bond donors (Lipinski definition) is 1. The van der Waals surface area contributed by atoms with Crippen molar-refractivity contribution in [1.29, 1.82) is 0 Å². The molecule has 0 aliphatic carbocycles. The molecule has 7 heteroatoms. The number of hydrogen-bond acceptors (Lipinski definition) is 4. The van der Waals surface area contributed by atoms with E-state index in [2.05, 4.69) is 12.1 Å². The van der Waals surface area contributed by atoms with Crippen molar-refractivity contribution in [3.8, 4) is 0 Å². The van der Waals surface area contributed by atoms with Crippen molar-refractivity contribution in [2.24, 2.45) is 13.0 Å². The van der Waals surface area contributed by atoms with E-state index in [4.69, 9.17) is 22.1 Å². The first-order chi connectivity index (χ1) is 12.6. The molecule has 0 unspecified atom stereocenters. The number of esters is 1. The molecule has 1 fully saturated rings. The van der Waals surface area contributed by atoms with Crippen LogP contribution in [0.25, 0.3) is 0 Å². The molecule has 0 bridgehead atoms. The van der Waals surface area contributed by atoms with Crippen molar-refractivity contribution in [2.45, 2.75) is 32.9 Å². The summed E-state index contributed by atoms with van der Waals surface area (Å²) in [6, 6.07) is 10.3. The minimum absolute atomic E-state index is 0.0454. The SMILES string of the molecule is CCOC(=O)C1CC[NH+](Cn2nc(Cc3ccccc3)n(C)c2=S)CC1. The average Bonchev–Trinajstić information content (AvgIpc) is 2.91. The van der Waals surface area contributed by atoms with Crippen LogP contribution in [-0.2, 0) is 29.7 Å². The van der Waals surface area contributed by atoms with Crippen LogP contribution in [0.5, 0.6) is 0 Å². The molecule has 0 saturated carbocycles. The van der Waals surface area contributed by atoms with Crippen molar-refractivity contribution in [2.75, 3.05) is 19.7 Å². The van der Waals surface area contributed by atoms with E-state index in [0.717, 1.165) is 49.6 Å². The predicted octanol–water partition coefficient (Wildman–Crippen LogP) is 1.36. The molecule has 1 aromatic heterocycles. The first kappa shape index (κ1) is 18.8. The lowest BCUT2D eigenvalue weighted by Gasteiger charge is -2.27. The quantitative estimate of drug-likeness (QED) is 0.612. The number of rotatable bonds is 6. The Bertz CT molecular complexity index is 792. The Labute approximate surface area is 159 Å². The summed E-state index contributed by atoms with van der Waals surface area (Å²) in [7, 11) is 1.98. The van der Waals surface area contributed by atoms with Crippen molar-refractivity contribution < 1.29 is 14.4 Å². The van der Waals surface area contributed by atoms with E-state index in [-0.39, 0.29) is 11.9 Å². The highest BCUT2D eigenvalue weighted by molar-refractivity contribution is 7.71. The van der Waals surface area contributed by atoms with Gasteiger partial charge in [0.1, 0.15) is 5.82 Å². The van der Waals surface area contributed by atoms with E-state index < -0.39 is 0 Å². The number of carbonyl (C=O) groups excluding carboxylic acids is 1. The number of ether oxygens (including phenoxy) is 1. The Balaban J connectivity index is 1.62. The molecule has 0 radical (unpaired) electrons. The molecule has 1 saturated heterocycles. The first-order valence-corrected chi connectivity index (χ1v) is 9.66. The van der Waals surface area contributed by atoms with Crippen LogP contribution in [0.15, 0.2) is 30.3 Å². The van der Waals surface area contributed by atoms with Gasteiger partial charge in [-0.05, 0) is 24.7 Å². The number of likely N-dealkylation sites (tertiary alicyclic amines) is 1. The predicted molar refractivity (Wildman–Crippen MR) is 101 cm³/mol. The van der Waals surface area contributed by atoms with Crippen LogP contribution in [0, 0.1) is 10.7 Å². The topological polar surface area (TPSA) is 53.5 Å². The molecule has 6 nitrogen and oxygen atoms in total. The van der Waals surface area contributed by atoms with E-state index in [0.29, 0.717) is 6.61 Å². The summed E-state index contributed by atoms with van der Waals surface area (Å²) in [5, 5.41) is 4.75. The standard InChI is InChI=1S/C19H26N4O2S/c1-3-25-18(24)16-9-11-22(12-10-16)14-23-19(26)21(2)17(20-23)13-15-7-5-4-6-8-15/h4-8,16H,3,9-14H2,1-2H3/p+1. The van der Waals surface area contributed by atoms with Gasteiger partial charge >= 0.3 is 5.97 Å². The zero-order valence-corrected chi connectivity index (χ0v) is 16.3. The smallest absolute Gasteiger partial charge is 0.309 e. The highest BCUT2D eigenvalue weighted by Gasteiger charge is 2.28. The van der Waals surface area contributed by atoms with Gasteiger partial charge in [0.2, 0.25) is 4.77 Å². The Kier molecular flexibility index (Phi) is 6.21. The molecule has 1 aliphatic rings. The third-order valence-corrected chi connectivity index (χ3v) is 5.51. The lowest BCUT2D eigenvalue weighted by Crippen LogP contribution is -3.12. The fourth-order valence-electron chi connectivity index (χ4n) is 3.46. The molecule has 2 aromatic rings. The largest absolute Gasteiger partial charge is 0.466 e. The molecule has 0 atom stereocenters. The molecule has 0 spiro atoms. The molecule has 0 amide bonds. The summed E-state index contributed by atoms with van der Waals surface area (Å²) < 4.78 is 9.81. The fourth-order valence-corrected chi connectivity index (χ4v) is 3.67. The van der Waals surface area contributed by atoms with Crippen LogP contribution in [0.2, 0.25) is 0 Å². The third kappa shape index (κ3) is 4.40.